The summed E-state index contributed by atoms with van der Waals surface area (Å²) in [4.78, 5) is 34.4. The van der Waals surface area contributed by atoms with Gasteiger partial charge in [0.25, 0.3) is 11.5 Å². The molecule has 184 valence electrons. The Bertz CT molecular complexity index is 1560. The minimum Gasteiger partial charge on any atom is -0.356 e. The number of nitrogens with zero attached hydrogens (tertiary/aromatic N) is 3. The first-order valence-corrected chi connectivity index (χ1v) is 11.9. The van der Waals surface area contributed by atoms with Gasteiger partial charge in [0.15, 0.2) is 0 Å². The summed E-state index contributed by atoms with van der Waals surface area (Å²) in [5.74, 6) is 2.91. The first-order valence-electron chi connectivity index (χ1n) is 11.9. The smallest absolute Gasteiger partial charge is 0.258 e. The summed E-state index contributed by atoms with van der Waals surface area (Å²) >= 11 is 0. The minimum atomic E-state index is -1.05. The second-order valence-electron chi connectivity index (χ2n) is 9.17. The number of carbonyl (C=O) groups excluding carboxylic acids is 1. The van der Waals surface area contributed by atoms with Gasteiger partial charge in [-0.05, 0) is 61.4 Å². The number of H-pyrrole nitrogens is 1. The summed E-state index contributed by atoms with van der Waals surface area (Å²) in [7, 11) is 0. The third-order valence-corrected chi connectivity index (χ3v) is 6.08. The molecular formula is C30H27N5O2. The van der Waals surface area contributed by atoms with Crippen LogP contribution in [-0.4, -0.2) is 28.0 Å². The average Bonchev–Trinajstić information content (AvgIpc) is 2.89. The highest BCUT2D eigenvalue weighted by Crippen LogP contribution is 2.21. The number of benzene rings is 3. The molecule has 3 aromatic carbocycles. The molecular weight excluding hydrogens is 462 g/mol. The molecule has 4 rings (SSSR count). The molecule has 0 aliphatic rings. The molecule has 0 saturated heterocycles. The Labute approximate surface area is 215 Å². The quantitative estimate of drug-likeness (QED) is 0.363. The van der Waals surface area contributed by atoms with Gasteiger partial charge in [-0.2, -0.15) is 5.26 Å². The maximum Gasteiger partial charge on any atom is 0.258 e. The minimum absolute atomic E-state index is 0.181. The van der Waals surface area contributed by atoms with Crippen molar-refractivity contribution in [2.24, 2.45) is 0 Å². The maximum atomic E-state index is 12.9. The van der Waals surface area contributed by atoms with E-state index in [-0.39, 0.29) is 11.5 Å². The predicted molar refractivity (Wildman–Crippen MR) is 145 cm³/mol. The summed E-state index contributed by atoms with van der Waals surface area (Å²) in [6, 6.07) is 24.5. The van der Waals surface area contributed by atoms with Crippen molar-refractivity contribution in [1.82, 2.24) is 15.3 Å². The van der Waals surface area contributed by atoms with E-state index in [0.717, 1.165) is 16.8 Å². The monoisotopic (exact) mass is 489 g/mol. The van der Waals surface area contributed by atoms with Crippen LogP contribution >= 0.6 is 0 Å². The Morgan fingerprint density at radius 1 is 1.11 bits per heavy atom. The lowest BCUT2D eigenvalue weighted by molar-refractivity contribution is 0.0924. The first kappa shape index (κ1) is 25.2. The zero-order valence-corrected chi connectivity index (χ0v) is 20.8. The predicted octanol–water partition coefficient (Wildman–Crippen LogP) is 4.13. The fourth-order valence-corrected chi connectivity index (χ4v) is 4.23. The van der Waals surface area contributed by atoms with Crippen molar-refractivity contribution in [2.45, 2.75) is 32.4 Å². The number of fused-ring (bicyclic) bond motifs is 1. The first-order chi connectivity index (χ1) is 17.8. The van der Waals surface area contributed by atoms with Crippen LogP contribution in [0.25, 0.3) is 10.9 Å². The topological polar surface area (TPSA) is 102 Å². The number of anilines is 1. The molecule has 0 radical (unpaired) electrons. The molecule has 0 saturated carbocycles. The van der Waals surface area contributed by atoms with Gasteiger partial charge in [0.05, 0.1) is 23.5 Å². The molecule has 0 fully saturated rings. The average molecular weight is 490 g/mol. The summed E-state index contributed by atoms with van der Waals surface area (Å²) in [6.45, 7) is 4.28. The molecule has 7 nitrogen and oxygen atoms in total. The van der Waals surface area contributed by atoms with Crippen molar-refractivity contribution in [3.8, 4) is 18.4 Å². The van der Waals surface area contributed by atoms with E-state index in [9.17, 15) is 14.9 Å². The maximum absolute atomic E-state index is 12.9. The third kappa shape index (κ3) is 6.04. The van der Waals surface area contributed by atoms with E-state index in [2.05, 4.69) is 27.3 Å². The van der Waals surface area contributed by atoms with Crippen molar-refractivity contribution < 1.29 is 4.79 Å². The van der Waals surface area contributed by atoms with Crippen molar-refractivity contribution in [3.63, 3.8) is 0 Å². The Hall–Kier alpha value is -4.88. The molecule has 0 bridgehead atoms. The van der Waals surface area contributed by atoms with Gasteiger partial charge in [0.2, 0.25) is 0 Å². The molecule has 0 aliphatic carbocycles. The Balaban J connectivity index is 1.50. The molecule has 0 aliphatic heterocycles. The van der Waals surface area contributed by atoms with Crippen LogP contribution in [0.5, 0.6) is 0 Å². The Morgan fingerprint density at radius 3 is 2.51 bits per heavy atom. The lowest BCUT2D eigenvalue weighted by Crippen LogP contribution is -2.46. The Kier molecular flexibility index (Phi) is 7.36. The standard InChI is InChI=1S/C30H27N5O2/c1-4-16-35(19-23-10-15-27-26(17-23)29(37)33-21(2)32-27)25-13-11-24(12-14-25)28(36)34-30(3,20-31)18-22-8-6-5-7-9-22/h1,5-15,17H,16,18-19H2,2-3H3,(H,34,36)(H,32,33,37). The van der Waals surface area contributed by atoms with Gasteiger partial charge < -0.3 is 15.2 Å². The van der Waals surface area contributed by atoms with Crippen molar-refractivity contribution in [1.29, 1.82) is 5.26 Å². The van der Waals surface area contributed by atoms with E-state index >= 15 is 0 Å². The molecule has 0 spiro atoms. The van der Waals surface area contributed by atoms with Crippen LogP contribution in [0.15, 0.2) is 77.6 Å². The molecule has 1 unspecified atom stereocenters. The van der Waals surface area contributed by atoms with Crippen LogP contribution in [0.4, 0.5) is 5.69 Å². The Morgan fingerprint density at radius 2 is 1.84 bits per heavy atom. The molecule has 7 heteroatoms. The van der Waals surface area contributed by atoms with Crippen molar-refractivity contribution >= 4 is 22.5 Å². The number of aryl methyl sites for hydroxylation is 1. The number of hydrogen-bond acceptors (Lipinski definition) is 5. The van der Waals surface area contributed by atoms with Gasteiger partial charge in [-0.1, -0.05) is 42.3 Å². The van der Waals surface area contributed by atoms with E-state index in [4.69, 9.17) is 6.42 Å². The number of hydrogen-bond donors (Lipinski definition) is 2. The summed E-state index contributed by atoms with van der Waals surface area (Å²) < 4.78 is 0. The number of nitrogens with one attached hydrogen (secondary N) is 2. The van der Waals surface area contributed by atoms with Crippen LogP contribution in [0.1, 0.15) is 34.2 Å². The van der Waals surface area contributed by atoms with Crippen LogP contribution < -0.4 is 15.8 Å². The molecule has 37 heavy (non-hydrogen) atoms. The van der Waals surface area contributed by atoms with E-state index in [0.29, 0.717) is 41.8 Å². The van der Waals surface area contributed by atoms with Gasteiger partial charge in [0, 0.05) is 24.2 Å². The number of nitriles is 1. The van der Waals surface area contributed by atoms with E-state index < -0.39 is 5.54 Å². The van der Waals surface area contributed by atoms with Crippen molar-refractivity contribution in [3.05, 3.63) is 106 Å². The van der Waals surface area contributed by atoms with Crippen LogP contribution in [0.3, 0.4) is 0 Å². The van der Waals surface area contributed by atoms with Gasteiger partial charge in [0.1, 0.15) is 11.4 Å². The number of terminal acetylenes is 1. The zero-order chi connectivity index (χ0) is 26.4. The van der Waals surface area contributed by atoms with Crippen LogP contribution in [0, 0.1) is 30.6 Å². The summed E-state index contributed by atoms with van der Waals surface area (Å²) in [6.07, 6.45) is 6.02. The second-order valence-corrected chi connectivity index (χ2v) is 9.17. The normalized spacial score (nSPS) is 12.2. The number of aromatic nitrogens is 2. The van der Waals surface area contributed by atoms with Gasteiger partial charge in [-0.15, -0.1) is 6.42 Å². The molecule has 2 N–H and O–H groups in total. The number of carbonyl (C=O) groups is 1. The fourth-order valence-electron chi connectivity index (χ4n) is 4.23. The van der Waals surface area contributed by atoms with E-state index in [1.54, 1.807) is 26.0 Å². The molecule has 1 amide bonds. The highest BCUT2D eigenvalue weighted by Gasteiger charge is 2.27. The number of rotatable bonds is 8. The van der Waals surface area contributed by atoms with Gasteiger partial charge >= 0.3 is 0 Å². The summed E-state index contributed by atoms with van der Waals surface area (Å²) in [5, 5.41) is 13.1. The summed E-state index contributed by atoms with van der Waals surface area (Å²) in [5.41, 5.74) is 2.56. The number of amides is 1. The molecule has 1 aromatic heterocycles. The largest absolute Gasteiger partial charge is 0.356 e. The molecule has 1 heterocycles. The van der Waals surface area contributed by atoms with Gasteiger partial charge in [-0.25, -0.2) is 4.98 Å². The highest BCUT2D eigenvalue weighted by atomic mass is 16.1. The SMILES string of the molecule is C#CCN(Cc1ccc2nc(C)[nH]c(=O)c2c1)c1ccc(C(=O)NC(C)(C#N)Cc2ccccc2)cc1. The highest BCUT2D eigenvalue weighted by molar-refractivity contribution is 5.95. The van der Waals surface area contributed by atoms with Gasteiger partial charge in [-0.3, -0.25) is 9.59 Å². The molecule has 4 aromatic rings. The van der Waals surface area contributed by atoms with Crippen molar-refractivity contribution in [2.75, 3.05) is 11.4 Å². The van der Waals surface area contributed by atoms with Crippen LogP contribution in [-0.2, 0) is 13.0 Å². The second kappa shape index (κ2) is 10.8. The zero-order valence-electron chi connectivity index (χ0n) is 20.8. The lowest BCUT2D eigenvalue weighted by atomic mass is 9.94. The lowest BCUT2D eigenvalue weighted by Gasteiger charge is -2.25. The fraction of sp³-hybridized carbons (Fsp3) is 0.200. The number of aromatic amines is 1. The molecule has 1 atom stereocenters. The third-order valence-electron chi connectivity index (χ3n) is 6.08. The van der Waals surface area contributed by atoms with Crippen LogP contribution in [0.2, 0.25) is 0 Å². The van der Waals surface area contributed by atoms with E-state index in [1.165, 1.54) is 0 Å². The van der Waals surface area contributed by atoms with E-state index in [1.807, 2.05) is 65.6 Å².